The van der Waals surface area contributed by atoms with Gasteiger partial charge in [0.15, 0.2) is 75.6 Å². The van der Waals surface area contributed by atoms with Crippen LogP contribution in [0.4, 0.5) is 70.2 Å². The number of benzene rings is 7. The van der Waals surface area contributed by atoms with Crippen molar-refractivity contribution in [3.05, 3.63) is 123 Å². The summed E-state index contributed by atoms with van der Waals surface area (Å²) in [6, 6.07) is 2.27. The second kappa shape index (κ2) is 11.5. The van der Waals surface area contributed by atoms with Crippen molar-refractivity contribution in [3.8, 4) is 11.5 Å². The standard InChI is InChI=1S/C32H5BF16O2/c34-7-3-1-2-6-10(7)20(38)30(48)31(49)32(6)51-33(50-9-5-4-8(35)18(36)19(9)37)17-13-11-12-15(22(40)21(13)39)26(44)29(47)27(45)16(12)24(42)23(41)14(11)25(43)28(17)46/h1-5H. The molecule has 0 atom stereocenters. The van der Waals surface area contributed by atoms with E-state index in [1.807, 2.05) is 0 Å². The summed E-state index contributed by atoms with van der Waals surface area (Å²) in [5, 5.41) is -13.6. The van der Waals surface area contributed by atoms with Gasteiger partial charge in [-0.05, 0) is 18.2 Å². The van der Waals surface area contributed by atoms with Crippen LogP contribution in [0.25, 0.3) is 43.1 Å². The van der Waals surface area contributed by atoms with E-state index in [1.165, 1.54) is 0 Å². The van der Waals surface area contributed by atoms with Gasteiger partial charge in [-0.1, -0.05) is 12.1 Å². The second-order valence-electron chi connectivity index (χ2n) is 10.7. The summed E-state index contributed by atoms with van der Waals surface area (Å²) in [5.41, 5.74) is -2.02. The molecule has 260 valence electrons. The maximum absolute atomic E-state index is 16.1. The highest BCUT2D eigenvalue weighted by Gasteiger charge is 2.43. The predicted octanol–water partition coefficient (Wildman–Crippen LogP) is 9.82. The van der Waals surface area contributed by atoms with E-state index >= 15 is 30.7 Å². The fraction of sp³-hybridized carbons (Fsp3) is 0. The normalized spacial score (nSPS) is 11.9. The first kappa shape index (κ1) is 33.9. The zero-order valence-electron chi connectivity index (χ0n) is 23.8. The molecule has 51 heavy (non-hydrogen) atoms. The molecule has 0 aliphatic carbocycles. The van der Waals surface area contributed by atoms with Crippen molar-refractivity contribution in [2.45, 2.75) is 0 Å². The van der Waals surface area contributed by atoms with Crippen LogP contribution in [0.5, 0.6) is 11.5 Å². The van der Waals surface area contributed by atoms with Crippen LogP contribution >= 0.6 is 0 Å². The van der Waals surface area contributed by atoms with Crippen LogP contribution in [-0.4, -0.2) is 7.12 Å². The molecule has 0 aliphatic heterocycles. The highest BCUT2D eigenvalue weighted by atomic mass is 19.2. The van der Waals surface area contributed by atoms with E-state index in [0.717, 1.165) is 6.07 Å². The Kier molecular flexibility index (Phi) is 7.61. The molecule has 0 N–H and O–H groups in total. The van der Waals surface area contributed by atoms with E-state index in [2.05, 4.69) is 0 Å². The Morgan fingerprint density at radius 1 is 0.333 bits per heavy atom. The van der Waals surface area contributed by atoms with E-state index in [-0.39, 0.29) is 12.1 Å². The molecule has 0 saturated carbocycles. The van der Waals surface area contributed by atoms with E-state index < -0.39 is 160 Å². The zero-order chi connectivity index (χ0) is 37.1. The maximum atomic E-state index is 16.1. The minimum atomic E-state index is -3.37. The minimum absolute atomic E-state index is 0.146. The minimum Gasteiger partial charge on any atom is -0.520 e. The Balaban J connectivity index is 1.67. The van der Waals surface area contributed by atoms with Gasteiger partial charge in [0.25, 0.3) is 0 Å². The van der Waals surface area contributed by atoms with Crippen LogP contribution in [-0.2, 0) is 0 Å². The number of hydrogen-bond donors (Lipinski definition) is 0. The topological polar surface area (TPSA) is 18.5 Å². The summed E-state index contributed by atoms with van der Waals surface area (Å²) >= 11 is 0. The molecular formula is C32H5BF16O2. The van der Waals surface area contributed by atoms with Crippen molar-refractivity contribution in [1.82, 2.24) is 0 Å². The van der Waals surface area contributed by atoms with Gasteiger partial charge in [0.2, 0.25) is 11.6 Å². The molecule has 0 unspecified atom stereocenters. The molecule has 0 aliphatic rings. The third kappa shape index (κ3) is 4.48. The van der Waals surface area contributed by atoms with Gasteiger partial charge in [-0.15, -0.1) is 0 Å². The smallest absolute Gasteiger partial charge is 0.520 e. The molecule has 0 aromatic heterocycles. The quantitative estimate of drug-likeness (QED) is 0.0759. The summed E-state index contributed by atoms with van der Waals surface area (Å²) in [5.74, 6) is -42.0. The van der Waals surface area contributed by atoms with Crippen LogP contribution < -0.4 is 14.8 Å². The lowest BCUT2D eigenvalue weighted by Crippen LogP contribution is -2.46. The molecule has 0 saturated heterocycles. The maximum Gasteiger partial charge on any atom is 0.636 e. The van der Waals surface area contributed by atoms with Crippen molar-refractivity contribution >= 4 is 55.7 Å². The largest absolute Gasteiger partial charge is 0.636 e. The highest BCUT2D eigenvalue weighted by Crippen LogP contribution is 2.45. The van der Waals surface area contributed by atoms with Gasteiger partial charge in [-0.25, -0.2) is 61.5 Å². The Labute approximate surface area is 270 Å². The van der Waals surface area contributed by atoms with Crippen molar-refractivity contribution < 1.29 is 79.6 Å². The summed E-state index contributed by atoms with van der Waals surface area (Å²) in [4.78, 5) is 0. The van der Waals surface area contributed by atoms with Crippen molar-refractivity contribution in [2.75, 3.05) is 0 Å². The number of halogens is 16. The van der Waals surface area contributed by atoms with E-state index in [1.54, 1.807) is 0 Å². The number of hydrogen-bond acceptors (Lipinski definition) is 2. The van der Waals surface area contributed by atoms with Gasteiger partial charge >= 0.3 is 7.12 Å². The average Bonchev–Trinajstić information content (AvgIpc) is 3.09. The Hall–Kier alpha value is -5.62. The molecule has 0 spiro atoms. The van der Waals surface area contributed by atoms with Gasteiger partial charge < -0.3 is 9.31 Å². The van der Waals surface area contributed by atoms with Gasteiger partial charge in [0.05, 0.1) is 27.0 Å². The van der Waals surface area contributed by atoms with Crippen LogP contribution in [0, 0.1) is 93.1 Å². The lowest BCUT2D eigenvalue weighted by molar-refractivity contribution is 0.374. The molecule has 7 aromatic rings. The van der Waals surface area contributed by atoms with Gasteiger partial charge in [-0.3, -0.25) is 0 Å². The van der Waals surface area contributed by atoms with E-state index in [9.17, 15) is 39.5 Å². The second-order valence-corrected chi connectivity index (χ2v) is 10.7. The molecule has 19 heteroatoms. The van der Waals surface area contributed by atoms with Crippen LogP contribution in [0.1, 0.15) is 0 Å². The fourth-order valence-electron chi connectivity index (χ4n) is 5.81. The van der Waals surface area contributed by atoms with E-state index in [4.69, 9.17) is 9.31 Å². The molecule has 0 amide bonds. The SMILES string of the molecule is Fc1ccc(OB(Oc2c(F)c(F)c(F)c3c(F)cccc23)c2c(F)c(F)c3c(F)c(F)c4c(F)c(F)c(F)c5c(F)c(F)c2c3c45)c(F)c1F. The number of rotatable bonds is 5. The lowest BCUT2D eigenvalue weighted by Gasteiger charge is -2.23. The number of fused-ring (bicyclic) bond motifs is 1. The summed E-state index contributed by atoms with van der Waals surface area (Å²) in [6.45, 7) is 0. The summed E-state index contributed by atoms with van der Waals surface area (Å²) in [6.07, 6.45) is 0. The molecule has 0 heterocycles. The Morgan fingerprint density at radius 2 is 0.804 bits per heavy atom. The summed E-state index contributed by atoms with van der Waals surface area (Å²) < 4.78 is 250. The van der Waals surface area contributed by atoms with Crippen LogP contribution in [0.2, 0.25) is 0 Å². The first-order valence-corrected chi connectivity index (χ1v) is 13.6. The van der Waals surface area contributed by atoms with Gasteiger partial charge in [-0.2, -0.15) is 8.78 Å². The van der Waals surface area contributed by atoms with Crippen LogP contribution in [0.15, 0.2) is 30.3 Å². The molecule has 7 rings (SSSR count). The third-order valence-corrected chi connectivity index (χ3v) is 8.01. The molecular weight excluding hydrogens is 731 g/mol. The first-order valence-electron chi connectivity index (χ1n) is 13.6. The van der Waals surface area contributed by atoms with Crippen molar-refractivity contribution in [2.24, 2.45) is 0 Å². The predicted molar refractivity (Wildman–Crippen MR) is 147 cm³/mol. The molecule has 2 nitrogen and oxygen atoms in total. The molecule has 0 radical (unpaired) electrons. The van der Waals surface area contributed by atoms with Crippen LogP contribution in [0.3, 0.4) is 0 Å². The van der Waals surface area contributed by atoms with E-state index in [0.29, 0.717) is 12.1 Å². The Bertz CT molecular complexity index is 2660. The monoisotopic (exact) mass is 736 g/mol. The van der Waals surface area contributed by atoms with Gasteiger partial charge in [0, 0.05) is 21.5 Å². The van der Waals surface area contributed by atoms with Gasteiger partial charge in [0.1, 0.15) is 17.3 Å². The lowest BCUT2D eigenvalue weighted by atomic mass is 9.73. The zero-order valence-corrected chi connectivity index (χ0v) is 23.8. The first-order chi connectivity index (χ1) is 24.0. The molecule has 0 fully saturated rings. The highest BCUT2D eigenvalue weighted by molar-refractivity contribution is 6.66. The third-order valence-electron chi connectivity index (χ3n) is 8.01. The average molecular weight is 736 g/mol. The summed E-state index contributed by atoms with van der Waals surface area (Å²) in [7, 11) is -3.37. The molecule has 0 bridgehead atoms. The van der Waals surface area contributed by atoms with Crippen molar-refractivity contribution in [1.29, 1.82) is 0 Å². The molecule has 7 aromatic carbocycles. The fourth-order valence-corrected chi connectivity index (χ4v) is 5.81. The van der Waals surface area contributed by atoms with Crippen molar-refractivity contribution in [3.63, 3.8) is 0 Å². The Morgan fingerprint density at radius 3 is 1.39 bits per heavy atom.